The molecule has 6 heteroatoms. The molecule has 0 bridgehead atoms. The Bertz CT molecular complexity index is 526. The van der Waals surface area contributed by atoms with Crippen molar-refractivity contribution in [1.82, 2.24) is 9.80 Å². The molecule has 2 aliphatic rings. The van der Waals surface area contributed by atoms with Gasteiger partial charge in [0.2, 0.25) is 6.79 Å². The average molecular weight is 312 g/mol. The van der Waals surface area contributed by atoms with Crippen LogP contribution in [-0.4, -0.2) is 55.9 Å². The average Bonchev–Trinajstić information content (AvgIpc) is 2.92. The van der Waals surface area contributed by atoms with E-state index in [4.69, 9.17) is 26.8 Å². The first kappa shape index (κ1) is 14.9. The quantitative estimate of drug-likeness (QED) is 0.921. The molecule has 0 spiro atoms. The molecule has 0 saturated carbocycles. The van der Waals surface area contributed by atoms with Crippen LogP contribution in [0.5, 0.6) is 11.5 Å². The highest BCUT2D eigenvalue weighted by molar-refractivity contribution is 6.32. The van der Waals surface area contributed by atoms with Gasteiger partial charge in [-0.3, -0.25) is 4.90 Å². The van der Waals surface area contributed by atoms with Gasteiger partial charge in [0.05, 0.1) is 5.02 Å². The van der Waals surface area contributed by atoms with Crippen LogP contribution in [0.15, 0.2) is 12.1 Å². The highest BCUT2D eigenvalue weighted by Crippen LogP contribution is 2.41. The van der Waals surface area contributed by atoms with E-state index >= 15 is 0 Å². The summed E-state index contributed by atoms with van der Waals surface area (Å²) >= 11 is 6.29. The summed E-state index contributed by atoms with van der Waals surface area (Å²) in [6, 6.07) is 4.65. The van der Waals surface area contributed by atoms with Crippen molar-refractivity contribution in [2.24, 2.45) is 5.73 Å². The normalized spacial score (nSPS) is 24.3. The van der Waals surface area contributed by atoms with E-state index in [9.17, 15) is 0 Å². The fraction of sp³-hybridized carbons (Fsp3) is 0.600. The summed E-state index contributed by atoms with van der Waals surface area (Å²) in [5.74, 6) is 1.36. The van der Waals surface area contributed by atoms with Crippen molar-refractivity contribution in [3.63, 3.8) is 0 Å². The second-order valence-electron chi connectivity index (χ2n) is 5.81. The smallest absolute Gasteiger partial charge is 0.231 e. The summed E-state index contributed by atoms with van der Waals surface area (Å²) in [6.07, 6.45) is 0. The van der Waals surface area contributed by atoms with Gasteiger partial charge in [-0.25, -0.2) is 0 Å². The summed E-state index contributed by atoms with van der Waals surface area (Å²) in [6.45, 7) is 6.10. The van der Waals surface area contributed by atoms with Gasteiger partial charge < -0.3 is 20.1 Å². The van der Waals surface area contributed by atoms with E-state index < -0.39 is 0 Å². The summed E-state index contributed by atoms with van der Waals surface area (Å²) in [4.78, 5) is 4.80. The van der Waals surface area contributed by atoms with E-state index in [0.717, 1.165) is 30.9 Å². The van der Waals surface area contributed by atoms with Gasteiger partial charge in [-0.15, -0.1) is 0 Å². The summed E-state index contributed by atoms with van der Waals surface area (Å²) in [5, 5.41) is 0.598. The molecule has 0 aliphatic carbocycles. The zero-order chi connectivity index (χ0) is 15.0. The predicted molar refractivity (Wildman–Crippen MR) is 83.0 cm³/mol. The molecule has 1 fully saturated rings. The number of hydrogen-bond donors (Lipinski definition) is 1. The second-order valence-corrected chi connectivity index (χ2v) is 6.22. The van der Waals surface area contributed by atoms with Gasteiger partial charge in [-0.05, 0) is 31.7 Å². The lowest BCUT2D eigenvalue weighted by Gasteiger charge is -2.41. The first-order chi connectivity index (χ1) is 10.1. The van der Waals surface area contributed by atoms with Crippen molar-refractivity contribution in [2.75, 3.05) is 40.0 Å². The molecule has 21 heavy (non-hydrogen) atoms. The molecule has 0 aromatic heterocycles. The van der Waals surface area contributed by atoms with Crippen LogP contribution >= 0.6 is 11.6 Å². The van der Waals surface area contributed by atoms with Crippen LogP contribution < -0.4 is 15.2 Å². The number of halogens is 1. The number of rotatable bonds is 3. The van der Waals surface area contributed by atoms with E-state index in [2.05, 4.69) is 23.8 Å². The Labute approximate surface area is 130 Å². The number of fused-ring (bicyclic) bond motifs is 1. The number of ether oxygens (including phenoxy) is 2. The number of likely N-dealkylation sites (N-methyl/N-ethyl adjacent to an activating group) is 1. The number of piperazine rings is 1. The minimum atomic E-state index is 0.160. The molecule has 2 unspecified atom stereocenters. The Morgan fingerprint density at radius 3 is 2.90 bits per heavy atom. The zero-order valence-electron chi connectivity index (χ0n) is 12.5. The lowest BCUT2D eigenvalue weighted by atomic mass is 10.0. The fourth-order valence-electron chi connectivity index (χ4n) is 3.04. The number of hydrogen-bond acceptors (Lipinski definition) is 5. The third-order valence-electron chi connectivity index (χ3n) is 4.49. The second kappa shape index (κ2) is 6.01. The lowest BCUT2D eigenvalue weighted by molar-refractivity contribution is 0.0740. The molecule has 2 N–H and O–H groups in total. The van der Waals surface area contributed by atoms with E-state index in [-0.39, 0.29) is 12.8 Å². The summed E-state index contributed by atoms with van der Waals surface area (Å²) < 4.78 is 10.8. The molecular formula is C15H22ClN3O2. The maximum Gasteiger partial charge on any atom is 0.231 e. The lowest BCUT2D eigenvalue weighted by Crippen LogP contribution is -2.52. The third-order valence-corrected chi connectivity index (χ3v) is 4.77. The van der Waals surface area contributed by atoms with Crippen molar-refractivity contribution < 1.29 is 9.47 Å². The maximum atomic E-state index is 6.29. The van der Waals surface area contributed by atoms with Gasteiger partial charge >= 0.3 is 0 Å². The zero-order valence-corrected chi connectivity index (χ0v) is 13.3. The minimum Gasteiger partial charge on any atom is -0.454 e. The SMILES string of the molecule is CC1CN(C(CN)c2cc(Cl)c3c(c2)OCO3)CCN1C. The number of nitrogens with two attached hydrogens (primary N) is 1. The van der Waals surface area contributed by atoms with E-state index in [1.165, 1.54) is 0 Å². The molecule has 5 nitrogen and oxygen atoms in total. The van der Waals surface area contributed by atoms with Gasteiger partial charge in [0, 0.05) is 38.3 Å². The van der Waals surface area contributed by atoms with Crippen molar-refractivity contribution in [3.05, 3.63) is 22.7 Å². The molecule has 2 heterocycles. The van der Waals surface area contributed by atoms with Gasteiger partial charge in [0.1, 0.15) is 0 Å². The molecule has 1 saturated heterocycles. The van der Waals surface area contributed by atoms with Crippen molar-refractivity contribution in [3.8, 4) is 11.5 Å². The van der Waals surface area contributed by atoms with Crippen LogP contribution in [-0.2, 0) is 0 Å². The molecule has 116 valence electrons. The highest BCUT2D eigenvalue weighted by atomic mass is 35.5. The first-order valence-electron chi connectivity index (χ1n) is 7.33. The summed E-state index contributed by atoms with van der Waals surface area (Å²) in [5.41, 5.74) is 7.14. The van der Waals surface area contributed by atoms with E-state index in [1.54, 1.807) is 0 Å². The Morgan fingerprint density at radius 1 is 1.38 bits per heavy atom. The number of benzene rings is 1. The standard InChI is InChI=1S/C15H22ClN3O2/c1-10-8-19(4-3-18(10)2)13(7-17)11-5-12(16)15-14(6-11)20-9-21-15/h5-6,10,13H,3-4,7-9,17H2,1-2H3. The van der Waals surface area contributed by atoms with Crippen LogP contribution in [0.2, 0.25) is 5.02 Å². The molecule has 2 aliphatic heterocycles. The topological polar surface area (TPSA) is 51.0 Å². The minimum absolute atomic E-state index is 0.160. The number of nitrogens with zero attached hydrogens (tertiary/aromatic N) is 2. The van der Waals surface area contributed by atoms with Crippen molar-refractivity contribution in [1.29, 1.82) is 0 Å². The monoisotopic (exact) mass is 311 g/mol. The Balaban J connectivity index is 1.85. The van der Waals surface area contributed by atoms with Gasteiger partial charge in [-0.2, -0.15) is 0 Å². The molecule has 0 radical (unpaired) electrons. The molecule has 1 aromatic rings. The van der Waals surface area contributed by atoms with Gasteiger partial charge in [0.15, 0.2) is 11.5 Å². The third kappa shape index (κ3) is 2.83. The molecule has 3 rings (SSSR count). The Morgan fingerprint density at radius 2 is 2.19 bits per heavy atom. The summed E-state index contributed by atoms with van der Waals surface area (Å²) in [7, 11) is 2.16. The van der Waals surface area contributed by atoms with Crippen LogP contribution in [0.1, 0.15) is 18.5 Å². The Hall–Kier alpha value is -1.01. The van der Waals surface area contributed by atoms with Crippen molar-refractivity contribution >= 4 is 11.6 Å². The van der Waals surface area contributed by atoms with Gasteiger partial charge in [-0.1, -0.05) is 11.6 Å². The van der Waals surface area contributed by atoms with Crippen LogP contribution in [0.4, 0.5) is 0 Å². The van der Waals surface area contributed by atoms with Crippen molar-refractivity contribution in [2.45, 2.75) is 19.0 Å². The van der Waals surface area contributed by atoms with Crippen LogP contribution in [0, 0.1) is 0 Å². The Kier molecular flexibility index (Phi) is 4.26. The highest BCUT2D eigenvalue weighted by Gasteiger charge is 2.29. The van der Waals surface area contributed by atoms with Gasteiger partial charge in [0.25, 0.3) is 0 Å². The largest absolute Gasteiger partial charge is 0.454 e. The van der Waals surface area contributed by atoms with E-state index in [1.807, 2.05) is 12.1 Å². The fourth-order valence-corrected chi connectivity index (χ4v) is 3.31. The molecule has 2 atom stereocenters. The predicted octanol–water partition coefficient (Wildman–Crippen LogP) is 1.70. The molecular weight excluding hydrogens is 290 g/mol. The maximum absolute atomic E-state index is 6.29. The van der Waals surface area contributed by atoms with E-state index in [0.29, 0.717) is 23.4 Å². The van der Waals surface area contributed by atoms with Crippen LogP contribution in [0.3, 0.4) is 0 Å². The first-order valence-corrected chi connectivity index (χ1v) is 7.71. The molecule has 1 aromatic carbocycles. The molecule has 0 amide bonds. The van der Waals surface area contributed by atoms with Crippen LogP contribution in [0.25, 0.3) is 0 Å².